The molecule has 4 nitrogen and oxygen atoms in total. The molecule has 0 aliphatic heterocycles. The largest absolute Gasteiger partial charge is 0.329 e. The normalized spacial score (nSPS) is 10.5. The highest BCUT2D eigenvalue weighted by Crippen LogP contribution is 2.07. The molecule has 0 unspecified atom stereocenters. The van der Waals surface area contributed by atoms with Crippen molar-refractivity contribution in [3.63, 3.8) is 0 Å². The Labute approximate surface area is 102 Å². The molecule has 1 aromatic heterocycles. The maximum absolute atomic E-state index is 11.6. The number of H-pyrrole nitrogens is 1. The molecule has 1 aromatic carbocycles. The molecule has 0 aliphatic rings. The van der Waals surface area contributed by atoms with Crippen LogP contribution in [0, 0.1) is 6.92 Å². The summed E-state index contributed by atoms with van der Waals surface area (Å²) in [7, 11) is 0. The van der Waals surface area contributed by atoms with Crippen LogP contribution in [0.1, 0.15) is 11.1 Å². The van der Waals surface area contributed by atoms with Crippen LogP contribution in [0.5, 0.6) is 0 Å². The lowest BCUT2D eigenvalue weighted by molar-refractivity contribution is 0.696. The molecule has 1 heterocycles. The summed E-state index contributed by atoms with van der Waals surface area (Å²) < 4.78 is 1.12. The van der Waals surface area contributed by atoms with Crippen molar-refractivity contribution in [3.05, 3.63) is 67.4 Å². The van der Waals surface area contributed by atoms with Gasteiger partial charge in [0.25, 0.3) is 5.56 Å². The summed E-state index contributed by atoms with van der Waals surface area (Å²) in [4.78, 5) is 25.6. The van der Waals surface area contributed by atoms with Crippen molar-refractivity contribution in [2.45, 2.75) is 13.5 Å². The molecule has 0 amide bonds. The highest BCUT2D eigenvalue weighted by Gasteiger charge is 2.05. The van der Waals surface area contributed by atoms with E-state index in [2.05, 4.69) is 4.98 Å². The van der Waals surface area contributed by atoms with Gasteiger partial charge < -0.3 is 0 Å². The Morgan fingerprint density at radius 1 is 1.29 bits per heavy atom. The van der Waals surface area contributed by atoms with E-state index < -0.39 is 11.2 Å². The average molecular weight is 251 g/mol. The van der Waals surface area contributed by atoms with Gasteiger partial charge in [-0.1, -0.05) is 35.9 Å². The molecular formula is C12H11ClN2O2. The second kappa shape index (κ2) is 4.59. The van der Waals surface area contributed by atoms with E-state index in [4.69, 9.17) is 11.6 Å². The number of hydrogen-bond donors (Lipinski definition) is 1. The second-order valence-corrected chi connectivity index (χ2v) is 4.18. The molecule has 17 heavy (non-hydrogen) atoms. The molecule has 2 aromatic rings. The first-order chi connectivity index (χ1) is 8.08. The first kappa shape index (κ1) is 11.7. The van der Waals surface area contributed by atoms with Crippen LogP contribution in [-0.4, -0.2) is 9.55 Å². The van der Waals surface area contributed by atoms with Gasteiger partial charge in [0.2, 0.25) is 0 Å². The number of nitrogens with one attached hydrogen (secondary N) is 1. The number of rotatable bonds is 2. The summed E-state index contributed by atoms with van der Waals surface area (Å²) >= 11 is 5.59. The summed E-state index contributed by atoms with van der Waals surface area (Å²) in [5.41, 5.74) is 1.07. The number of aromatic amines is 1. The third-order valence-corrected chi connectivity index (χ3v) is 2.78. The fourth-order valence-electron chi connectivity index (χ4n) is 1.60. The van der Waals surface area contributed by atoms with Crippen LogP contribution in [0.2, 0.25) is 5.15 Å². The van der Waals surface area contributed by atoms with Crippen LogP contribution in [0.25, 0.3) is 0 Å². The SMILES string of the molecule is Cc1ccccc1Cn1c(=O)cc(Cl)[nH]c1=O. The molecule has 88 valence electrons. The van der Waals surface area contributed by atoms with Gasteiger partial charge in [-0.15, -0.1) is 0 Å². The molecule has 0 spiro atoms. The van der Waals surface area contributed by atoms with E-state index in [-0.39, 0.29) is 11.7 Å². The van der Waals surface area contributed by atoms with Crippen LogP contribution in [0.15, 0.2) is 39.9 Å². The van der Waals surface area contributed by atoms with E-state index in [0.717, 1.165) is 15.7 Å². The van der Waals surface area contributed by atoms with Gasteiger partial charge in [-0.2, -0.15) is 0 Å². The van der Waals surface area contributed by atoms with Crippen molar-refractivity contribution in [2.24, 2.45) is 0 Å². The van der Waals surface area contributed by atoms with Crippen molar-refractivity contribution in [3.8, 4) is 0 Å². The zero-order valence-electron chi connectivity index (χ0n) is 9.24. The molecular weight excluding hydrogens is 240 g/mol. The van der Waals surface area contributed by atoms with E-state index in [0.29, 0.717) is 0 Å². The van der Waals surface area contributed by atoms with Gasteiger partial charge in [0.05, 0.1) is 6.54 Å². The molecule has 0 radical (unpaired) electrons. The first-order valence-electron chi connectivity index (χ1n) is 5.12. The Balaban J connectivity index is 2.48. The number of aromatic nitrogens is 2. The fraction of sp³-hybridized carbons (Fsp3) is 0.167. The van der Waals surface area contributed by atoms with E-state index >= 15 is 0 Å². The van der Waals surface area contributed by atoms with Crippen molar-refractivity contribution in [1.29, 1.82) is 0 Å². The molecule has 0 saturated heterocycles. The number of benzene rings is 1. The Hall–Kier alpha value is -1.81. The average Bonchev–Trinajstić information content (AvgIpc) is 2.25. The van der Waals surface area contributed by atoms with Crippen LogP contribution in [-0.2, 0) is 6.54 Å². The molecule has 0 aliphatic carbocycles. The lowest BCUT2D eigenvalue weighted by atomic mass is 10.1. The van der Waals surface area contributed by atoms with Crippen LogP contribution < -0.4 is 11.2 Å². The van der Waals surface area contributed by atoms with Crippen LogP contribution in [0.4, 0.5) is 0 Å². The molecule has 5 heteroatoms. The molecule has 0 atom stereocenters. The highest BCUT2D eigenvalue weighted by atomic mass is 35.5. The monoisotopic (exact) mass is 250 g/mol. The van der Waals surface area contributed by atoms with Gasteiger partial charge in [0.1, 0.15) is 5.15 Å². The zero-order valence-corrected chi connectivity index (χ0v) is 9.99. The van der Waals surface area contributed by atoms with E-state index in [9.17, 15) is 9.59 Å². The van der Waals surface area contributed by atoms with Crippen LogP contribution >= 0.6 is 11.6 Å². The van der Waals surface area contributed by atoms with Crippen molar-refractivity contribution < 1.29 is 0 Å². The number of hydrogen-bond acceptors (Lipinski definition) is 2. The molecule has 2 rings (SSSR count). The van der Waals surface area contributed by atoms with E-state index in [1.54, 1.807) is 0 Å². The summed E-state index contributed by atoms with van der Waals surface area (Å²) in [6.07, 6.45) is 0. The molecule has 0 bridgehead atoms. The molecule has 0 fully saturated rings. The third-order valence-electron chi connectivity index (χ3n) is 2.58. The van der Waals surface area contributed by atoms with Gasteiger partial charge >= 0.3 is 5.69 Å². The Kier molecular flexibility index (Phi) is 3.15. The zero-order chi connectivity index (χ0) is 12.4. The molecule has 0 saturated carbocycles. The van der Waals surface area contributed by atoms with Gasteiger partial charge in [-0.25, -0.2) is 4.79 Å². The maximum Gasteiger partial charge on any atom is 0.329 e. The lowest BCUT2D eigenvalue weighted by Crippen LogP contribution is -2.34. The van der Waals surface area contributed by atoms with Gasteiger partial charge in [-0.3, -0.25) is 14.3 Å². The van der Waals surface area contributed by atoms with Gasteiger partial charge in [0.15, 0.2) is 0 Å². The summed E-state index contributed by atoms with van der Waals surface area (Å²) in [6.45, 7) is 2.18. The third kappa shape index (κ3) is 2.47. The van der Waals surface area contributed by atoms with Crippen molar-refractivity contribution >= 4 is 11.6 Å². The fourth-order valence-corrected chi connectivity index (χ4v) is 1.77. The lowest BCUT2D eigenvalue weighted by Gasteiger charge is -2.07. The first-order valence-corrected chi connectivity index (χ1v) is 5.50. The highest BCUT2D eigenvalue weighted by molar-refractivity contribution is 6.29. The minimum absolute atomic E-state index is 0.0565. The van der Waals surface area contributed by atoms with Gasteiger partial charge in [-0.05, 0) is 18.1 Å². The Morgan fingerprint density at radius 2 is 2.00 bits per heavy atom. The van der Waals surface area contributed by atoms with Crippen molar-refractivity contribution in [2.75, 3.05) is 0 Å². The summed E-state index contributed by atoms with van der Waals surface area (Å²) in [5, 5.41) is 0.0565. The number of aryl methyl sites for hydroxylation is 1. The number of halogens is 1. The van der Waals surface area contributed by atoms with E-state index in [1.165, 1.54) is 6.07 Å². The Morgan fingerprint density at radius 3 is 2.65 bits per heavy atom. The minimum atomic E-state index is -0.495. The topological polar surface area (TPSA) is 54.9 Å². The van der Waals surface area contributed by atoms with Crippen molar-refractivity contribution in [1.82, 2.24) is 9.55 Å². The summed E-state index contributed by atoms with van der Waals surface area (Å²) in [6, 6.07) is 8.80. The van der Waals surface area contributed by atoms with Gasteiger partial charge in [0, 0.05) is 6.07 Å². The quantitative estimate of drug-likeness (QED) is 0.822. The standard InChI is InChI=1S/C12H11ClN2O2/c1-8-4-2-3-5-9(8)7-15-11(16)6-10(13)14-12(15)17/h2-6H,7H2,1H3,(H,14,17). The Bertz CT molecular complexity index is 627. The predicted octanol–water partition coefficient (Wildman–Crippen LogP) is 1.55. The predicted molar refractivity (Wildman–Crippen MR) is 66.6 cm³/mol. The number of nitrogens with zero attached hydrogens (tertiary/aromatic N) is 1. The molecule has 1 N–H and O–H groups in total. The second-order valence-electron chi connectivity index (χ2n) is 3.77. The minimum Gasteiger partial charge on any atom is -0.298 e. The van der Waals surface area contributed by atoms with Crippen LogP contribution in [0.3, 0.4) is 0 Å². The summed E-state index contributed by atoms with van der Waals surface area (Å²) in [5.74, 6) is 0. The maximum atomic E-state index is 11.6. The van der Waals surface area contributed by atoms with E-state index in [1.807, 2.05) is 31.2 Å². The smallest absolute Gasteiger partial charge is 0.298 e.